The molecule has 1 fully saturated rings. The Hall–Kier alpha value is -0.860. The van der Waals surface area contributed by atoms with Crippen LogP contribution in [0.3, 0.4) is 0 Å². The summed E-state index contributed by atoms with van der Waals surface area (Å²) in [5, 5.41) is 3.82. The molecule has 0 aliphatic carbocycles. The molecule has 2 nitrogen and oxygen atoms in total. The minimum absolute atomic E-state index is 0.450. The van der Waals surface area contributed by atoms with Crippen molar-refractivity contribution in [3.05, 3.63) is 35.4 Å². The van der Waals surface area contributed by atoms with Crippen LogP contribution in [0.4, 0.5) is 0 Å². The Labute approximate surface area is 130 Å². The summed E-state index contributed by atoms with van der Waals surface area (Å²) < 4.78 is 0. The van der Waals surface area contributed by atoms with Crippen LogP contribution in [-0.4, -0.2) is 30.6 Å². The van der Waals surface area contributed by atoms with Gasteiger partial charge in [-0.2, -0.15) is 0 Å². The smallest absolute Gasteiger partial charge is 0.0294 e. The SMILES string of the molecule is CCCCc1ccc(C(C)NC2CCN(C)C(C)C2)cc1. The average molecular weight is 288 g/mol. The zero-order valence-corrected chi connectivity index (χ0v) is 14.2. The minimum atomic E-state index is 0.450. The lowest BCUT2D eigenvalue weighted by Crippen LogP contribution is -2.46. The fraction of sp³-hybridized carbons (Fsp3) is 0.684. The Morgan fingerprint density at radius 2 is 2.00 bits per heavy atom. The number of likely N-dealkylation sites (tertiary alicyclic amines) is 1. The first-order valence-corrected chi connectivity index (χ1v) is 8.65. The first-order valence-electron chi connectivity index (χ1n) is 8.65. The highest BCUT2D eigenvalue weighted by Crippen LogP contribution is 2.20. The van der Waals surface area contributed by atoms with Gasteiger partial charge in [0.25, 0.3) is 0 Å². The summed E-state index contributed by atoms with van der Waals surface area (Å²) in [6.45, 7) is 8.09. The van der Waals surface area contributed by atoms with Gasteiger partial charge in [-0.1, -0.05) is 37.6 Å². The molecule has 21 heavy (non-hydrogen) atoms. The van der Waals surface area contributed by atoms with Gasteiger partial charge in [0, 0.05) is 18.1 Å². The molecule has 1 saturated heterocycles. The van der Waals surface area contributed by atoms with E-state index in [-0.39, 0.29) is 0 Å². The molecular formula is C19H32N2. The highest BCUT2D eigenvalue weighted by molar-refractivity contribution is 5.25. The zero-order valence-electron chi connectivity index (χ0n) is 14.2. The molecule has 3 atom stereocenters. The Morgan fingerprint density at radius 3 is 2.62 bits per heavy atom. The maximum absolute atomic E-state index is 3.82. The van der Waals surface area contributed by atoms with Crippen molar-refractivity contribution in [2.45, 2.75) is 71.0 Å². The van der Waals surface area contributed by atoms with Crippen molar-refractivity contribution in [3.63, 3.8) is 0 Å². The summed E-state index contributed by atoms with van der Waals surface area (Å²) in [6, 6.07) is 11.0. The monoisotopic (exact) mass is 288 g/mol. The molecule has 0 amide bonds. The van der Waals surface area contributed by atoms with E-state index in [0.717, 1.165) is 0 Å². The third-order valence-electron chi connectivity index (χ3n) is 4.99. The number of unbranched alkanes of at least 4 members (excludes halogenated alkanes) is 1. The van der Waals surface area contributed by atoms with E-state index in [4.69, 9.17) is 0 Å². The second kappa shape index (κ2) is 7.95. The molecular weight excluding hydrogens is 256 g/mol. The number of piperidine rings is 1. The number of hydrogen-bond acceptors (Lipinski definition) is 2. The predicted octanol–water partition coefficient (Wildman–Crippen LogP) is 4.16. The van der Waals surface area contributed by atoms with Gasteiger partial charge in [0.15, 0.2) is 0 Å². The third-order valence-corrected chi connectivity index (χ3v) is 4.99. The molecule has 1 aromatic rings. The molecule has 1 aromatic carbocycles. The van der Waals surface area contributed by atoms with E-state index >= 15 is 0 Å². The van der Waals surface area contributed by atoms with Crippen LogP contribution in [0.25, 0.3) is 0 Å². The molecule has 0 bridgehead atoms. The van der Waals surface area contributed by atoms with E-state index in [0.29, 0.717) is 18.1 Å². The van der Waals surface area contributed by atoms with Crippen molar-refractivity contribution in [2.24, 2.45) is 0 Å². The van der Waals surface area contributed by atoms with E-state index < -0.39 is 0 Å². The standard InChI is InChI=1S/C19H32N2/c1-5-6-7-17-8-10-18(11-9-17)16(3)20-19-12-13-21(4)15(2)14-19/h8-11,15-16,19-20H,5-7,12-14H2,1-4H3. The topological polar surface area (TPSA) is 15.3 Å². The summed E-state index contributed by atoms with van der Waals surface area (Å²) in [5.74, 6) is 0. The van der Waals surface area contributed by atoms with Crippen LogP contribution in [0.1, 0.15) is 63.6 Å². The zero-order chi connectivity index (χ0) is 15.2. The first-order chi connectivity index (χ1) is 10.1. The Balaban J connectivity index is 1.86. The normalized spacial score (nSPS) is 25.0. The second-order valence-corrected chi connectivity index (χ2v) is 6.78. The van der Waals surface area contributed by atoms with Gasteiger partial charge in [0.05, 0.1) is 0 Å². The predicted molar refractivity (Wildman–Crippen MR) is 91.7 cm³/mol. The summed E-state index contributed by atoms with van der Waals surface area (Å²) in [6.07, 6.45) is 6.30. The van der Waals surface area contributed by atoms with Gasteiger partial charge in [-0.15, -0.1) is 0 Å². The molecule has 1 N–H and O–H groups in total. The van der Waals surface area contributed by atoms with Crippen molar-refractivity contribution in [1.29, 1.82) is 0 Å². The van der Waals surface area contributed by atoms with Gasteiger partial charge in [0.2, 0.25) is 0 Å². The quantitative estimate of drug-likeness (QED) is 0.845. The fourth-order valence-electron chi connectivity index (χ4n) is 3.24. The first kappa shape index (κ1) is 16.5. The lowest BCUT2D eigenvalue weighted by Gasteiger charge is -2.36. The van der Waals surface area contributed by atoms with Crippen molar-refractivity contribution >= 4 is 0 Å². The van der Waals surface area contributed by atoms with Crippen molar-refractivity contribution < 1.29 is 0 Å². The number of hydrogen-bond donors (Lipinski definition) is 1. The van der Waals surface area contributed by atoms with Crippen molar-refractivity contribution in [3.8, 4) is 0 Å². The van der Waals surface area contributed by atoms with Crippen LogP contribution >= 0.6 is 0 Å². The second-order valence-electron chi connectivity index (χ2n) is 6.78. The molecule has 0 spiro atoms. The van der Waals surface area contributed by atoms with Gasteiger partial charge in [0.1, 0.15) is 0 Å². The van der Waals surface area contributed by atoms with Gasteiger partial charge < -0.3 is 10.2 Å². The van der Waals surface area contributed by atoms with Crippen molar-refractivity contribution in [1.82, 2.24) is 10.2 Å². The number of aryl methyl sites for hydroxylation is 1. The highest BCUT2D eigenvalue weighted by atomic mass is 15.1. The molecule has 1 aliphatic rings. The molecule has 0 saturated carbocycles. The number of nitrogens with one attached hydrogen (secondary N) is 1. The highest BCUT2D eigenvalue weighted by Gasteiger charge is 2.23. The molecule has 1 aliphatic heterocycles. The van der Waals surface area contributed by atoms with E-state index in [2.05, 4.69) is 62.3 Å². The summed E-state index contributed by atoms with van der Waals surface area (Å²) in [7, 11) is 2.24. The largest absolute Gasteiger partial charge is 0.307 e. The van der Waals surface area contributed by atoms with Crippen LogP contribution in [0.15, 0.2) is 24.3 Å². The molecule has 1 heterocycles. The lowest BCUT2D eigenvalue weighted by atomic mass is 9.96. The number of nitrogens with zero attached hydrogens (tertiary/aromatic N) is 1. The summed E-state index contributed by atoms with van der Waals surface area (Å²) in [5.41, 5.74) is 2.89. The van der Waals surface area contributed by atoms with Gasteiger partial charge in [-0.3, -0.25) is 0 Å². The third kappa shape index (κ3) is 4.82. The van der Waals surface area contributed by atoms with Crippen molar-refractivity contribution in [2.75, 3.05) is 13.6 Å². The van der Waals surface area contributed by atoms with E-state index in [1.807, 2.05) is 0 Å². The molecule has 2 rings (SSSR count). The van der Waals surface area contributed by atoms with Crippen LogP contribution in [-0.2, 0) is 6.42 Å². The van der Waals surface area contributed by atoms with Crippen LogP contribution in [0.2, 0.25) is 0 Å². The molecule has 0 aromatic heterocycles. The Kier molecular flexibility index (Phi) is 6.25. The van der Waals surface area contributed by atoms with Gasteiger partial charge >= 0.3 is 0 Å². The maximum atomic E-state index is 3.82. The van der Waals surface area contributed by atoms with E-state index in [9.17, 15) is 0 Å². The molecule has 3 unspecified atom stereocenters. The average Bonchev–Trinajstić information content (AvgIpc) is 2.49. The number of rotatable bonds is 6. The van der Waals surface area contributed by atoms with E-state index in [1.165, 1.54) is 49.8 Å². The molecule has 118 valence electrons. The number of benzene rings is 1. The lowest BCUT2D eigenvalue weighted by molar-refractivity contribution is 0.163. The Morgan fingerprint density at radius 1 is 1.29 bits per heavy atom. The van der Waals surface area contributed by atoms with Gasteiger partial charge in [-0.05, 0) is 64.3 Å². The van der Waals surface area contributed by atoms with E-state index in [1.54, 1.807) is 0 Å². The Bertz CT molecular complexity index is 412. The summed E-state index contributed by atoms with van der Waals surface area (Å²) in [4.78, 5) is 2.46. The minimum Gasteiger partial charge on any atom is -0.307 e. The molecule has 0 radical (unpaired) electrons. The van der Waals surface area contributed by atoms with Crippen LogP contribution < -0.4 is 5.32 Å². The van der Waals surface area contributed by atoms with Crippen LogP contribution in [0.5, 0.6) is 0 Å². The summed E-state index contributed by atoms with van der Waals surface area (Å²) >= 11 is 0. The van der Waals surface area contributed by atoms with Crippen LogP contribution in [0, 0.1) is 0 Å². The molecule has 2 heteroatoms. The fourth-order valence-corrected chi connectivity index (χ4v) is 3.24. The van der Waals surface area contributed by atoms with Gasteiger partial charge in [-0.25, -0.2) is 0 Å². The maximum Gasteiger partial charge on any atom is 0.0294 e.